The van der Waals surface area contributed by atoms with Crippen LogP contribution in [-0.4, -0.2) is 29.7 Å². The first kappa shape index (κ1) is 15.5. The zero-order chi connectivity index (χ0) is 16.5. The van der Waals surface area contributed by atoms with Crippen molar-refractivity contribution >= 4 is 6.09 Å². The van der Waals surface area contributed by atoms with Gasteiger partial charge >= 0.3 is 6.09 Å². The maximum absolute atomic E-state index is 12.6. The lowest BCUT2D eigenvalue weighted by Crippen LogP contribution is -2.47. The summed E-state index contributed by atoms with van der Waals surface area (Å²) < 4.78 is 6.13. The minimum Gasteiger partial charge on any atom is -0.443 e. The summed E-state index contributed by atoms with van der Waals surface area (Å²) in [6.07, 6.45) is 10.7. The Kier molecular flexibility index (Phi) is 3.48. The molecule has 1 heterocycles. The lowest BCUT2D eigenvalue weighted by atomic mass is 9.64. The molecule has 1 saturated heterocycles. The fourth-order valence-corrected chi connectivity index (χ4v) is 7.81. The summed E-state index contributed by atoms with van der Waals surface area (Å²) >= 11 is 0. The number of fused-ring (bicyclic) bond motifs is 9. The predicted octanol–water partition coefficient (Wildman–Crippen LogP) is 4.71. The van der Waals surface area contributed by atoms with Crippen molar-refractivity contribution in [2.75, 3.05) is 13.1 Å². The van der Waals surface area contributed by atoms with Gasteiger partial charge in [-0.2, -0.15) is 0 Å². The third-order valence-corrected chi connectivity index (χ3v) is 8.59. The molecule has 134 valence electrons. The number of nitrogens with zero attached hydrogens (tertiary/aromatic N) is 1. The highest BCUT2D eigenvalue weighted by atomic mass is 16.6. The van der Waals surface area contributed by atoms with Crippen LogP contribution in [0, 0.1) is 41.4 Å². The Bertz CT molecular complexity index is 524. The van der Waals surface area contributed by atoms with Crippen LogP contribution in [-0.2, 0) is 4.74 Å². The van der Waals surface area contributed by atoms with Gasteiger partial charge in [-0.1, -0.05) is 0 Å². The molecule has 0 aromatic heterocycles. The first-order chi connectivity index (χ1) is 11.5. The van der Waals surface area contributed by atoms with E-state index in [-0.39, 0.29) is 11.7 Å². The summed E-state index contributed by atoms with van der Waals surface area (Å²) in [5.41, 5.74) is -0.291. The smallest absolute Gasteiger partial charge is 0.410 e. The Hall–Kier alpha value is -0.730. The number of hydrogen-bond donors (Lipinski definition) is 0. The molecule has 4 saturated carbocycles. The Morgan fingerprint density at radius 3 is 2.38 bits per heavy atom. The van der Waals surface area contributed by atoms with E-state index in [2.05, 4.69) is 13.8 Å². The van der Waals surface area contributed by atoms with Crippen molar-refractivity contribution in [2.45, 2.75) is 70.8 Å². The van der Waals surface area contributed by atoms with Gasteiger partial charge in [0.25, 0.3) is 0 Å². The van der Waals surface area contributed by atoms with Gasteiger partial charge in [-0.25, -0.2) is 4.79 Å². The molecule has 1 amide bonds. The van der Waals surface area contributed by atoms with Crippen molar-refractivity contribution in [3.05, 3.63) is 0 Å². The first-order valence-electron chi connectivity index (χ1n) is 10.5. The molecule has 0 aromatic carbocycles. The summed E-state index contributed by atoms with van der Waals surface area (Å²) in [6.45, 7) is 6.17. The van der Waals surface area contributed by atoms with Crippen LogP contribution in [0.15, 0.2) is 0 Å². The van der Waals surface area contributed by atoms with Crippen LogP contribution in [0.1, 0.15) is 65.2 Å². The topological polar surface area (TPSA) is 29.5 Å². The van der Waals surface area contributed by atoms with E-state index >= 15 is 0 Å². The fourth-order valence-electron chi connectivity index (χ4n) is 7.81. The largest absolute Gasteiger partial charge is 0.443 e. The number of piperidine rings is 1. The maximum atomic E-state index is 12.6. The van der Waals surface area contributed by atoms with Crippen LogP contribution in [0.2, 0.25) is 0 Å². The molecule has 24 heavy (non-hydrogen) atoms. The van der Waals surface area contributed by atoms with Gasteiger partial charge < -0.3 is 9.64 Å². The summed E-state index contributed by atoms with van der Waals surface area (Å²) in [5, 5.41) is 0. The van der Waals surface area contributed by atoms with Crippen LogP contribution in [0.4, 0.5) is 4.79 Å². The third-order valence-electron chi connectivity index (χ3n) is 8.59. The second-order valence-corrected chi connectivity index (χ2v) is 10.0. The molecule has 5 aliphatic rings. The molecule has 0 aromatic rings. The Labute approximate surface area is 146 Å². The van der Waals surface area contributed by atoms with Gasteiger partial charge in [0.15, 0.2) is 0 Å². The average molecular weight is 332 g/mol. The number of likely N-dealkylation sites (tertiary alicyclic amines) is 1. The molecule has 0 N–H and O–H groups in total. The summed E-state index contributed by atoms with van der Waals surface area (Å²) in [5.74, 6) is 6.44. The molecule has 7 atom stereocenters. The Balaban J connectivity index is 1.29. The third kappa shape index (κ3) is 2.18. The minimum atomic E-state index is -0.291. The van der Waals surface area contributed by atoms with Crippen LogP contribution in [0.25, 0.3) is 0 Å². The van der Waals surface area contributed by atoms with Crippen molar-refractivity contribution in [3.8, 4) is 0 Å². The maximum Gasteiger partial charge on any atom is 0.410 e. The Morgan fingerprint density at radius 2 is 1.62 bits per heavy atom. The predicted molar refractivity (Wildman–Crippen MR) is 93.5 cm³/mol. The first-order valence-corrected chi connectivity index (χ1v) is 10.5. The van der Waals surface area contributed by atoms with E-state index in [1.165, 1.54) is 38.5 Å². The Morgan fingerprint density at radius 1 is 0.917 bits per heavy atom. The van der Waals surface area contributed by atoms with Crippen molar-refractivity contribution < 1.29 is 9.53 Å². The lowest BCUT2D eigenvalue weighted by Gasteiger charge is -2.45. The van der Waals surface area contributed by atoms with Crippen molar-refractivity contribution in [1.29, 1.82) is 0 Å². The molecule has 1 aliphatic heterocycles. The SMILES string of the molecule is CC(C)(OC(=O)N1CCCCC1)C1CC2CC1C1C3CCC(C3)C21. The van der Waals surface area contributed by atoms with Gasteiger partial charge in [-0.15, -0.1) is 0 Å². The number of ether oxygens (including phenoxy) is 1. The normalized spacial score (nSPS) is 46.4. The van der Waals surface area contributed by atoms with Crippen LogP contribution >= 0.6 is 0 Å². The number of carbonyl (C=O) groups is 1. The molecule has 4 bridgehead atoms. The highest BCUT2D eigenvalue weighted by Gasteiger charge is 2.64. The highest BCUT2D eigenvalue weighted by molar-refractivity contribution is 5.68. The molecule has 0 spiro atoms. The standard InChI is InChI=1S/C21H33NO2/c1-21(2,24-20(23)22-8-4-3-5-9-22)17-12-15-11-16(17)19-14-7-6-13(10-14)18(15)19/h13-19H,3-12H2,1-2H3. The number of amides is 1. The molecule has 0 radical (unpaired) electrons. The molecular weight excluding hydrogens is 298 g/mol. The second kappa shape index (κ2) is 5.38. The van der Waals surface area contributed by atoms with E-state index in [1.807, 2.05) is 4.90 Å². The zero-order valence-electron chi connectivity index (χ0n) is 15.4. The van der Waals surface area contributed by atoms with E-state index in [1.54, 1.807) is 0 Å². The van der Waals surface area contributed by atoms with E-state index in [9.17, 15) is 4.79 Å². The summed E-state index contributed by atoms with van der Waals surface area (Å²) in [6, 6.07) is 0. The van der Waals surface area contributed by atoms with E-state index in [0.29, 0.717) is 5.92 Å². The second-order valence-electron chi connectivity index (χ2n) is 10.0. The monoisotopic (exact) mass is 331 g/mol. The molecule has 5 rings (SSSR count). The molecule has 3 heteroatoms. The number of rotatable bonds is 2. The quantitative estimate of drug-likeness (QED) is 0.686. The van der Waals surface area contributed by atoms with E-state index in [0.717, 1.165) is 61.4 Å². The summed E-state index contributed by atoms with van der Waals surface area (Å²) in [7, 11) is 0. The van der Waals surface area contributed by atoms with Crippen LogP contribution in [0.5, 0.6) is 0 Å². The van der Waals surface area contributed by atoms with Crippen LogP contribution in [0.3, 0.4) is 0 Å². The van der Waals surface area contributed by atoms with Crippen LogP contribution < -0.4 is 0 Å². The number of carbonyl (C=O) groups excluding carboxylic acids is 1. The molecule has 4 aliphatic carbocycles. The molecule has 5 fully saturated rings. The highest BCUT2D eigenvalue weighted by Crippen LogP contribution is 2.70. The zero-order valence-corrected chi connectivity index (χ0v) is 15.4. The molecule has 3 nitrogen and oxygen atoms in total. The van der Waals surface area contributed by atoms with Gasteiger partial charge in [0.05, 0.1) is 0 Å². The van der Waals surface area contributed by atoms with Gasteiger partial charge in [0.2, 0.25) is 0 Å². The average Bonchev–Trinajstić information content (AvgIpc) is 3.33. The molecule has 7 unspecified atom stereocenters. The minimum absolute atomic E-state index is 0.0491. The summed E-state index contributed by atoms with van der Waals surface area (Å²) in [4.78, 5) is 14.6. The lowest BCUT2D eigenvalue weighted by molar-refractivity contribution is -0.0622. The van der Waals surface area contributed by atoms with Gasteiger partial charge in [0, 0.05) is 19.0 Å². The van der Waals surface area contributed by atoms with E-state index in [4.69, 9.17) is 4.74 Å². The van der Waals surface area contributed by atoms with Crippen molar-refractivity contribution in [1.82, 2.24) is 4.90 Å². The van der Waals surface area contributed by atoms with Crippen molar-refractivity contribution in [2.24, 2.45) is 41.4 Å². The fraction of sp³-hybridized carbons (Fsp3) is 0.952. The van der Waals surface area contributed by atoms with Gasteiger partial charge in [-0.05, 0) is 101 Å². The van der Waals surface area contributed by atoms with Crippen molar-refractivity contribution in [3.63, 3.8) is 0 Å². The number of hydrogen-bond acceptors (Lipinski definition) is 2. The van der Waals surface area contributed by atoms with Gasteiger partial charge in [0.1, 0.15) is 5.60 Å². The molecular formula is C21H33NO2. The van der Waals surface area contributed by atoms with Gasteiger partial charge in [-0.3, -0.25) is 0 Å². The van der Waals surface area contributed by atoms with E-state index < -0.39 is 0 Å².